The number of sulfone groups is 1. The average Bonchev–Trinajstić information content (AvgIpc) is 2.54. The van der Waals surface area contributed by atoms with Crippen molar-refractivity contribution in [3.05, 3.63) is 29.8 Å². The van der Waals surface area contributed by atoms with Gasteiger partial charge in [-0.2, -0.15) is 0 Å². The van der Waals surface area contributed by atoms with Crippen LogP contribution < -0.4 is 5.32 Å². The predicted octanol–water partition coefficient (Wildman–Crippen LogP) is -0.0176. The van der Waals surface area contributed by atoms with E-state index in [0.717, 1.165) is 13.1 Å². The Hall–Kier alpha value is -1.93. The third-order valence-electron chi connectivity index (χ3n) is 4.03. The minimum Gasteiger partial charge on any atom is -0.348 e. The van der Waals surface area contributed by atoms with Gasteiger partial charge in [-0.25, -0.2) is 8.42 Å². The second-order valence-corrected chi connectivity index (χ2v) is 8.11. The fourth-order valence-electron chi connectivity index (χ4n) is 2.49. The van der Waals surface area contributed by atoms with E-state index in [2.05, 4.69) is 5.32 Å². The Bertz CT molecular complexity index is 713. The van der Waals surface area contributed by atoms with Gasteiger partial charge in [0.05, 0.1) is 4.90 Å². The quantitative estimate of drug-likeness (QED) is 0.822. The van der Waals surface area contributed by atoms with Crippen molar-refractivity contribution in [3.8, 4) is 0 Å². The molecule has 1 aromatic carbocycles. The van der Waals surface area contributed by atoms with Gasteiger partial charge in [0.1, 0.15) is 5.75 Å². The molecule has 0 bridgehead atoms. The van der Waals surface area contributed by atoms with Gasteiger partial charge in [0.15, 0.2) is 9.84 Å². The van der Waals surface area contributed by atoms with Crippen molar-refractivity contribution in [1.29, 1.82) is 0 Å². The maximum Gasteiger partial charge on any atom is 0.254 e. The van der Waals surface area contributed by atoms with Crippen LogP contribution >= 0.6 is 0 Å². The van der Waals surface area contributed by atoms with E-state index >= 15 is 0 Å². The Labute approximate surface area is 142 Å². The summed E-state index contributed by atoms with van der Waals surface area (Å²) >= 11 is 0. The Morgan fingerprint density at radius 2 is 1.88 bits per heavy atom. The van der Waals surface area contributed by atoms with Gasteiger partial charge in [-0.3, -0.25) is 9.59 Å². The van der Waals surface area contributed by atoms with Crippen molar-refractivity contribution in [2.24, 2.45) is 0 Å². The van der Waals surface area contributed by atoms with E-state index < -0.39 is 21.5 Å². The van der Waals surface area contributed by atoms with Crippen LogP contribution in [0.15, 0.2) is 29.2 Å². The maximum atomic E-state index is 12.5. The normalized spacial score (nSPS) is 18.3. The molecule has 2 amide bonds. The summed E-state index contributed by atoms with van der Waals surface area (Å²) in [7, 11) is -0.692. The lowest BCUT2D eigenvalue weighted by molar-refractivity contribution is -0.125. The molecule has 1 aliphatic rings. The van der Waals surface area contributed by atoms with Gasteiger partial charge in [0.2, 0.25) is 5.91 Å². The van der Waals surface area contributed by atoms with Crippen LogP contribution in [0.1, 0.15) is 17.3 Å². The van der Waals surface area contributed by atoms with Crippen molar-refractivity contribution >= 4 is 21.7 Å². The molecule has 8 heteroatoms. The molecule has 0 unspecified atom stereocenters. The predicted molar refractivity (Wildman–Crippen MR) is 90.6 cm³/mol. The molecule has 24 heavy (non-hydrogen) atoms. The lowest BCUT2D eigenvalue weighted by atomic mass is 10.1. The van der Waals surface area contributed by atoms with E-state index in [4.69, 9.17) is 0 Å². The molecule has 0 radical (unpaired) electrons. The summed E-state index contributed by atoms with van der Waals surface area (Å²) in [5.41, 5.74) is 0.446. The van der Waals surface area contributed by atoms with Crippen molar-refractivity contribution in [1.82, 2.24) is 15.1 Å². The highest BCUT2D eigenvalue weighted by Gasteiger charge is 2.25. The molecule has 1 saturated heterocycles. The molecule has 1 aliphatic heterocycles. The SMILES string of the molecule is C[C@H]1CNCCN1C(=O)c1ccc(S(=O)(=O)CC(=O)N(C)C)cc1. The number of nitrogens with one attached hydrogen (secondary N) is 1. The van der Waals surface area contributed by atoms with Crippen molar-refractivity contribution in [2.75, 3.05) is 39.5 Å². The Balaban J connectivity index is 2.15. The van der Waals surface area contributed by atoms with Crippen LogP contribution in [0.4, 0.5) is 0 Å². The molecular formula is C16H23N3O4S. The van der Waals surface area contributed by atoms with Crippen LogP contribution in [0.2, 0.25) is 0 Å². The molecule has 0 aromatic heterocycles. The highest BCUT2D eigenvalue weighted by atomic mass is 32.2. The Morgan fingerprint density at radius 3 is 2.42 bits per heavy atom. The molecular weight excluding hydrogens is 330 g/mol. The monoisotopic (exact) mass is 353 g/mol. The minimum absolute atomic E-state index is 0.0441. The second kappa shape index (κ2) is 7.31. The summed E-state index contributed by atoms with van der Waals surface area (Å²) in [5.74, 6) is -1.18. The molecule has 1 fully saturated rings. The smallest absolute Gasteiger partial charge is 0.254 e. The van der Waals surface area contributed by atoms with Gasteiger partial charge < -0.3 is 15.1 Å². The molecule has 132 valence electrons. The van der Waals surface area contributed by atoms with Crippen LogP contribution in [0.25, 0.3) is 0 Å². The number of carbonyl (C=O) groups is 2. The van der Waals surface area contributed by atoms with Gasteiger partial charge in [-0.05, 0) is 31.2 Å². The summed E-state index contributed by atoms with van der Waals surface area (Å²) in [6.07, 6.45) is 0. The van der Waals surface area contributed by atoms with E-state index in [1.54, 1.807) is 4.90 Å². The second-order valence-electron chi connectivity index (χ2n) is 6.12. The first-order valence-corrected chi connectivity index (χ1v) is 9.42. The van der Waals surface area contributed by atoms with Crippen molar-refractivity contribution in [2.45, 2.75) is 17.9 Å². The number of hydrogen-bond donors (Lipinski definition) is 1. The molecule has 0 spiro atoms. The Morgan fingerprint density at radius 1 is 1.25 bits per heavy atom. The first kappa shape index (κ1) is 18.4. The summed E-state index contributed by atoms with van der Waals surface area (Å²) in [4.78, 5) is 27.2. The zero-order valence-electron chi connectivity index (χ0n) is 14.2. The van der Waals surface area contributed by atoms with E-state index in [-0.39, 0.29) is 16.8 Å². The van der Waals surface area contributed by atoms with Crippen molar-refractivity contribution < 1.29 is 18.0 Å². The van der Waals surface area contributed by atoms with Crippen LogP contribution in [-0.2, 0) is 14.6 Å². The van der Waals surface area contributed by atoms with Gasteiger partial charge in [-0.1, -0.05) is 0 Å². The fourth-order valence-corrected chi connectivity index (χ4v) is 3.79. The van der Waals surface area contributed by atoms with E-state index in [1.807, 2.05) is 6.92 Å². The molecule has 1 N–H and O–H groups in total. The lowest BCUT2D eigenvalue weighted by Gasteiger charge is -2.34. The zero-order chi connectivity index (χ0) is 17.9. The van der Waals surface area contributed by atoms with Gasteiger partial charge in [-0.15, -0.1) is 0 Å². The number of rotatable bonds is 4. The molecule has 1 heterocycles. The summed E-state index contributed by atoms with van der Waals surface area (Å²) in [5, 5.41) is 3.22. The number of nitrogens with zero attached hydrogens (tertiary/aromatic N) is 2. The first-order valence-electron chi connectivity index (χ1n) is 7.77. The minimum atomic E-state index is -3.71. The number of piperazine rings is 1. The van der Waals surface area contributed by atoms with Crippen LogP contribution in [0, 0.1) is 0 Å². The highest BCUT2D eigenvalue weighted by Crippen LogP contribution is 2.16. The van der Waals surface area contributed by atoms with Gasteiger partial charge >= 0.3 is 0 Å². The Kier molecular flexibility index (Phi) is 5.61. The van der Waals surface area contributed by atoms with Gasteiger partial charge in [0.25, 0.3) is 5.91 Å². The lowest BCUT2D eigenvalue weighted by Crippen LogP contribution is -2.52. The third-order valence-corrected chi connectivity index (χ3v) is 5.65. The first-order chi connectivity index (χ1) is 11.2. The average molecular weight is 353 g/mol. The maximum absolute atomic E-state index is 12.5. The van der Waals surface area contributed by atoms with Crippen LogP contribution in [-0.4, -0.2) is 75.6 Å². The summed E-state index contributed by atoms with van der Waals surface area (Å²) in [6, 6.07) is 5.87. The van der Waals surface area contributed by atoms with Crippen LogP contribution in [0.5, 0.6) is 0 Å². The van der Waals surface area contributed by atoms with E-state index in [9.17, 15) is 18.0 Å². The number of hydrogen-bond acceptors (Lipinski definition) is 5. The van der Waals surface area contributed by atoms with Crippen molar-refractivity contribution in [3.63, 3.8) is 0 Å². The molecule has 1 aromatic rings. The number of benzene rings is 1. The van der Waals surface area contributed by atoms with E-state index in [1.165, 1.54) is 43.3 Å². The fraction of sp³-hybridized carbons (Fsp3) is 0.500. The standard InChI is InChI=1S/C16H23N3O4S/c1-12-10-17-8-9-19(12)16(21)13-4-6-14(7-5-13)24(22,23)11-15(20)18(2)3/h4-7,12,17H,8-11H2,1-3H3/t12-/m0/s1. The zero-order valence-corrected chi connectivity index (χ0v) is 15.0. The summed E-state index contributed by atoms with van der Waals surface area (Å²) < 4.78 is 24.5. The highest BCUT2D eigenvalue weighted by molar-refractivity contribution is 7.92. The molecule has 0 saturated carbocycles. The third kappa shape index (κ3) is 4.12. The molecule has 1 atom stereocenters. The van der Waals surface area contributed by atoms with Crippen LogP contribution in [0.3, 0.4) is 0 Å². The topological polar surface area (TPSA) is 86.8 Å². The summed E-state index contributed by atoms with van der Waals surface area (Å²) in [6.45, 7) is 4.08. The number of amides is 2. The van der Waals surface area contributed by atoms with E-state index in [0.29, 0.717) is 12.1 Å². The largest absolute Gasteiger partial charge is 0.348 e. The van der Waals surface area contributed by atoms with Gasteiger partial charge in [0, 0.05) is 45.3 Å². The molecule has 7 nitrogen and oxygen atoms in total. The molecule has 2 rings (SSSR count). The molecule has 0 aliphatic carbocycles. The number of carbonyl (C=O) groups excluding carboxylic acids is 2.